The maximum Gasteiger partial charge on any atom is 0.339 e. The third-order valence-electron chi connectivity index (χ3n) is 2.65. The smallest absolute Gasteiger partial charge is 0.339 e. The molecule has 0 atom stereocenters. The molecular weight excluding hydrogens is 359 g/mol. The molecule has 2 rings (SSSR count). The molecule has 0 aliphatic rings. The van der Waals surface area contributed by atoms with Crippen LogP contribution in [0.5, 0.6) is 0 Å². The van der Waals surface area contributed by atoms with Crippen LogP contribution in [0.4, 0.5) is 5.69 Å². The Kier molecular flexibility index (Phi) is 3.89. The average Bonchev–Trinajstić information content (AvgIpc) is 2.71. The van der Waals surface area contributed by atoms with Crippen LogP contribution in [0.25, 0.3) is 0 Å². The lowest BCUT2D eigenvalue weighted by Gasteiger charge is -2.05. The van der Waals surface area contributed by atoms with Gasteiger partial charge in [-0.3, -0.25) is 4.79 Å². The summed E-state index contributed by atoms with van der Waals surface area (Å²) < 4.78 is 1.03. The fourth-order valence-corrected chi connectivity index (χ4v) is 2.06. The summed E-state index contributed by atoms with van der Waals surface area (Å²) in [5.41, 5.74) is 1.34. The van der Waals surface area contributed by atoms with Gasteiger partial charge in [0.25, 0.3) is 5.91 Å². The average molecular weight is 370 g/mol. The Balaban J connectivity index is 2.24. The van der Waals surface area contributed by atoms with Crippen LogP contribution in [-0.4, -0.2) is 22.0 Å². The number of anilines is 1. The molecule has 2 aromatic rings. The van der Waals surface area contributed by atoms with Crippen LogP contribution < -0.4 is 5.32 Å². The van der Waals surface area contributed by atoms with E-state index in [0.717, 1.165) is 3.57 Å². The number of halogens is 1. The zero-order valence-electron chi connectivity index (χ0n) is 10.0. The number of aromatic carboxylic acids is 1. The minimum atomic E-state index is -1.07. The Morgan fingerprint density at radius 3 is 2.47 bits per heavy atom. The number of aryl methyl sites for hydroxylation is 1. The molecule has 0 bridgehead atoms. The van der Waals surface area contributed by atoms with Gasteiger partial charge >= 0.3 is 5.97 Å². The van der Waals surface area contributed by atoms with Crippen molar-refractivity contribution in [1.82, 2.24) is 4.98 Å². The topological polar surface area (TPSA) is 82.2 Å². The molecule has 0 saturated carbocycles. The maximum absolute atomic E-state index is 12.0. The molecule has 0 fully saturated rings. The first-order valence-corrected chi connectivity index (χ1v) is 6.55. The molecule has 0 aliphatic heterocycles. The van der Waals surface area contributed by atoms with E-state index >= 15 is 0 Å². The van der Waals surface area contributed by atoms with Crippen LogP contribution in [-0.2, 0) is 0 Å². The fraction of sp³-hybridized carbons (Fsp3) is 0.0769. The van der Waals surface area contributed by atoms with Crippen LogP contribution in [0.2, 0.25) is 0 Å². The summed E-state index contributed by atoms with van der Waals surface area (Å²) in [7, 11) is 0. The van der Waals surface area contributed by atoms with Crippen molar-refractivity contribution in [2.45, 2.75) is 6.92 Å². The van der Waals surface area contributed by atoms with Gasteiger partial charge in [-0.05, 0) is 53.8 Å². The summed E-state index contributed by atoms with van der Waals surface area (Å²) in [6, 6.07) is 7.01. The normalized spacial score (nSPS) is 10.2. The molecule has 0 unspecified atom stereocenters. The number of amides is 1. The Hall–Kier alpha value is -1.83. The summed E-state index contributed by atoms with van der Waals surface area (Å²) in [5.74, 6) is -1.41. The van der Waals surface area contributed by atoms with E-state index in [4.69, 9.17) is 5.11 Å². The number of carboxylic acids is 1. The van der Waals surface area contributed by atoms with Gasteiger partial charge in [0.15, 0.2) is 0 Å². The van der Waals surface area contributed by atoms with Crippen LogP contribution in [0, 0.1) is 10.5 Å². The summed E-state index contributed by atoms with van der Waals surface area (Å²) >= 11 is 2.15. The zero-order valence-corrected chi connectivity index (χ0v) is 12.2. The molecule has 19 heavy (non-hydrogen) atoms. The molecule has 6 heteroatoms. The lowest BCUT2D eigenvalue weighted by molar-refractivity contribution is 0.0697. The van der Waals surface area contributed by atoms with E-state index in [1.165, 1.54) is 6.20 Å². The number of benzene rings is 1. The molecule has 98 valence electrons. The van der Waals surface area contributed by atoms with Crippen molar-refractivity contribution in [2.75, 3.05) is 5.32 Å². The summed E-state index contributed by atoms with van der Waals surface area (Å²) in [6.45, 7) is 1.64. The predicted molar refractivity (Wildman–Crippen MR) is 79.6 cm³/mol. The standard InChI is InChI=1S/C13H11IN2O3/c1-7-11(13(18)19)10(6-15-7)16-12(17)8-2-4-9(14)5-3-8/h2-6,15H,1H3,(H,16,17)(H,18,19). The van der Waals surface area contributed by atoms with Crippen molar-refractivity contribution < 1.29 is 14.7 Å². The summed E-state index contributed by atoms with van der Waals surface area (Å²) in [5, 5.41) is 11.7. The molecular formula is C13H11IN2O3. The second kappa shape index (κ2) is 5.43. The minimum Gasteiger partial charge on any atom is -0.478 e. The van der Waals surface area contributed by atoms with Crippen LogP contribution in [0.1, 0.15) is 26.4 Å². The molecule has 1 aromatic carbocycles. The molecule has 1 aromatic heterocycles. The third-order valence-corrected chi connectivity index (χ3v) is 3.36. The summed E-state index contributed by atoms with van der Waals surface area (Å²) in [4.78, 5) is 25.9. The van der Waals surface area contributed by atoms with Crippen molar-refractivity contribution in [3.8, 4) is 0 Å². The first-order chi connectivity index (χ1) is 8.99. The Bertz CT molecular complexity index is 632. The quantitative estimate of drug-likeness (QED) is 0.727. The number of hydrogen-bond acceptors (Lipinski definition) is 2. The first kappa shape index (κ1) is 13.6. The van der Waals surface area contributed by atoms with Crippen molar-refractivity contribution in [3.05, 3.63) is 50.9 Å². The molecule has 5 nitrogen and oxygen atoms in total. The second-order valence-electron chi connectivity index (χ2n) is 3.97. The minimum absolute atomic E-state index is 0.0823. The van der Waals surface area contributed by atoms with E-state index in [2.05, 4.69) is 32.9 Å². The Labute approximate surface area is 123 Å². The maximum atomic E-state index is 12.0. The van der Waals surface area contributed by atoms with E-state index in [1.54, 1.807) is 19.1 Å². The highest BCUT2D eigenvalue weighted by molar-refractivity contribution is 14.1. The van der Waals surface area contributed by atoms with Gasteiger partial charge in [-0.1, -0.05) is 0 Å². The van der Waals surface area contributed by atoms with Crippen LogP contribution in [0.3, 0.4) is 0 Å². The molecule has 1 heterocycles. The van der Waals surface area contributed by atoms with Gasteiger partial charge in [-0.25, -0.2) is 4.79 Å². The molecule has 0 saturated heterocycles. The summed E-state index contributed by atoms with van der Waals surface area (Å²) in [6.07, 6.45) is 1.48. The van der Waals surface area contributed by atoms with E-state index in [1.807, 2.05) is 12.1 Å². The highest BCUT2D eigenvalue weighted by atomic mass is 127. The molecule has 1 amide bonds. The van der Waals surface area contributed by atoms with Gasteiger partial charge < -0.3 is 15.4 Å². The van der Waals surface area contributed by atoms with Crippen molar-refractivity contribution in [3.63, 3.8) is 0 Å². The number of carbonyl (C=O) groups excluding carboxylic acids is 1. The second-order valence-corrected chi connectivity index (χ2v) is 5.21. The SMILES string of the molecule is Cc1[nH]cc(NC(=O)c2ccc(I)cc2)c1C(=O)O. The number of aromatic amines is 1. The molecule has 3 N–H and O–H groups in total. The van der Waals surface area contributed by atoms with E-state index in [0.29, 0.717) is 11.3 Å². The van der Waals surface area contributed by atoms with Crippen molar-refractivity contribution in [1.29, 1.82) is 0 Å². The van der Waals surface area contributed by atoms with Gasteiger partial charge in [0.05, 0.1) is 5.69 Å². The third kappa shape index (κ3) is 2.95. The number of rotatable bonds is 3. The molecule has 0 radical (unpaired) electrons. The lowest BCUT2D eigenvalue weighted by atomic mass is 10.2. The van der Waals surface area contributed by atoms with Crippen molar-refractivity contribution >= 4 is 40.2 Å². The Morgan fingerprint density at radius 1 is 1.26 bits per heavy atom. The van der Waals surface area contributed by atoms with Gasteiger partial charge in [-0.15, -0.1) is 0 Å². The number of nitrogens with one attached hydrogen (secondary N) is 2. The zero-order chi connectivity index (χ0) is 14.0. The van der Waals surface area contributed by atoms with Gasteiger partial charge in [0, 0.05) is 21.0 Å². The highest BCUT2D eigenvalue weighted by Gasteiger charge is 2.17. The first-order valence-electron chi connectivity index (χ1n) is 5.47. The monoisotopic (exact) mass is 370 g/mol. The number of carbonyl (C=O) groups is 2. The van der Waals surface area contributed by atoms with Crippen LogP contribution in [0.15, 0.2) is 30.5 Å². The van der Waals surface area contributed by atoms with Crippen molar-refractivity contribution in [2.24, 2.45) is 0 Å². The van der Waals surface area contributed by atoms with Gasteiger partial charge in [0.1, 0.15) is 5.56 Å². The largest absolute Gasteiger partial charge is 0.478 e. The van der Waals surface area contributed by atoms with E-state index in [-0.39, 0.29) is 17.2 Å². The van der Waals surface area contributed by atoms with Gasteiger partial charge in [-0.2, -0.15) is 0 Å². The lowest BCUT2D eigenvalue weighted by Crippen LogP contribution is -2.14. The number of H-pyrrole nitrogens is 1. The Morgan fingerprint density at radius 2 is 1.89 bits per heavy atom. The number of aromatic nitrogens is 1. The van der Waals surface area contributed by atoms with Gasteiger partial charge in [0.2, 0.25) is 0 Å². The van der Waals surface area contributed by atoms with Crippen LogP contribution >= 0.6 is 22.6 Å². The number of hydrogen-bond donors (Lipinski definition) is 3. The highest BCUT2D eigenvalue weighted by Crippen LogP contribution is 2.20. The number of carboxylic acid groups (broad SMARTS) is 1. The van der Waals surface area contributed by atoms with E-state index < -0.39 is 5.97 Å². The molecule has 0 aliphatic carbocycles. The predicted octanol–water partition coefficient (Wildman–Crippen LogP) is 2.88. The fourth-order valence-electron chi connectivity index (χ4n) is 1.70. The van der Waals surface area contributed by atoms with E-state index in [9.17, 15) is 9.59 Å². The molecule has 0 spiro atoms.